The van der Waals surface area contributed by atoms with E-state index in [9.17, 15) is 17.6 Å². The number of rotatable bonds is 3. The van der Waals surface area contributed by atoms with Crippen LogP contribution in [0.2, 0.25) is 0 Å². The first-order valence-corrected chi connectivity index (χ1v) is 8.32. The van der Waals surface area contributed by atoms with Crippen LogP contribution < -0.4 is 10.5 Å². The monoisotopic (exact) mass is 314 g/mol. The lowest BCUT2D eigenvalue weighted by Gasteiger charge is -2.25. The van der Waals surface area contributed by atoms with Gasteiger partial charge in [-0.2, -0.15) is 0 Å². The summed E-state index contributed by atoms with van der Waals surface area (Å²) in [5.41, 5.74) is -0.479. The number of sulfonamides is 1. The van der Waals surface area contributed by atoms with Gasteiger partial charge in [0.2, 0.25) is 10.0 Å². The van der Waals surface area contributed by atoms with Crippen LogP contribution in [0.1, 0.15) is 48.5 Å². The topological polar surface area (TPSA) is 89.3 Å². The molecule has 0 spiro atoms. The molecule has 1 fully saturated rings. The quantitative estimate of drug-likeness (QED) is 0.892. The van der Waals surface area contributed by atoms with Gasteiger partial charge in [0.15, 0.2) is 0 Å². The van der Waals surface area contributed by atoms with Crippen molar-refractivity contribution in [2.75, 3.05) is 0 Å². The van der Waals surface area contributed by atoms with Crippen LogP contribution in [0.3, 0.4) is 0 Å². The summed E-state index contributed by atoms with van der Waals surface area (Å²) in [6.45, 7) is 3.34. The number of carbonyl (C=O) groups excluding carboxylic acids is 1. The number of hydrogen-bond donors (Lipinski definition) is 2. The van der Waals surface area contributed by atoms with Crippen LogP contribution in [0.4, 0.5) is 4.39 Å². The predicted molar refractivity (Wildman–Crippen MR) is 76.8 cm³/mol. The molecule has 5 nitrogen and oxygen atoms in total. The second kappa shape index (κ2) is 5.38. The van der Waals surface area contributed by atoms with Crippen molar-refractivity contribution >= 4 is 15.9 Å². The standard InChI is InChI=1S/C14H19FN2O3S/c1-9-7-11(15)10(8-12(9)21(16,19)20)13(18)17-14(2)5-3-4-6-14/h7-8H,3-6H2,1-2H3,(H,17,18)(H2,16,19,20). The van der Waals surface area contributed by atoms with Crippen molar-refractivity contribution in [3.8, 4) is 0 Å². The lowest BCUT2D eigenvalue weighted by Crippen LogP contribution is -2.44. The fourth-order valence-electron chi connectivity index (χ4n) is 2.76. The van der Waals surface area contributed by atoms with Gasteiger partial charge in [-0.05, 0) is 44.4 Å². The Hall–Kier alpha value is -1.47. The van der Waals surface area contributed by atoms with E-state index < -0.39 is 21.7 Å². The number of nitrogens with two attached hydrogens (primary N) is 1. The Morgan fingerprint density at radius 2 is 1.90 bits per heavy atom. The summed E-state index contributed by atoms with van der Waals surface area (Å²) in [4.78, 5) is 12.0. The van der Waals surface area contributed by atoms with Crippen LogP contribution in [0.15, 0.2) is 17.0 Å². The van der Waals surface area contributed by atoms with Crippen LogP contribution in [0, 0.1) is 12.7 Å². The van der Waals surface area contributed by atoms with E-state index in [-0.39, 0.29) is 21.6 Å². The average Bonchev–Trinajstić information content (AvgIpc) is 2.73. The fraction of sp³-hybridized carbons (Fsp3) is 0.500. The lowest BCUT2D eigenvalue weighted by atomic mass is 10.00. The molecule has 0 aliphatic heterocycles. The Kier molecular flexibility index (Phi) is 4.08. The van der Waals surface area contributed by atoms with Crippen molar-refractivity contribution in [1.82, 2.24) is 5.32 Å². The van der Waals surface area contributed by atoms with Gasteiger partial charge in [-0.3, -0.25) is 4.79 Å². The highest BCUT2D eigenvalue weighted by Crippen LogP contribution is 2.29. The predicted octanol–water partition coefficient (Wildman–Crippen LogP) is 1.84. The molecule has 3 N–H and O–H groups in total. The van der Waals surface area contributed by atoms with Gasteiger partial charge in [0.05, 0.1) is 10.5 Å². The van der Waals surface area contributed by atoms with Crippen molar-refractivity contribution in [3.63, 3.8) is 0 Å². The molecule has 1 aliphatic carbocycles. The van der Waals surface area contributed by atoms with E-state index in [0.717, 1.165) is 37.8 Å². The first-order chi connectivity index (χ1) is 9.62. The van der Waals surface area contributed by atoms with Crippen molar-refractivity contribution in [3.05, 3.63) is 29.1 Å². The number of aryl methyl sites for hydroxylation is 1. The zero-order valence-electron chi connectivity index (χ0n) is 12.1. The zero-order valence-corrected chi connectivity index (χ0v) is 12.9. The Morgan fingerprint density at radius 1 is 1.33 bits per heavy atom. The molecule has 1 aliphatic rings. The van der Waals surface area contributed by atoms with E-state index in [4.69, 9.17) is 5.14 Å². The third kappa shape index (κ3) is 3.41. The molecule has 1 saturated carbocycles. The number of nitrogens with one attached hydrogen (secondary N) is 1. The normalized spacial score (nSPS) is 17.7. The van der Waals surface area contributed by atoms with E-state index in [1.807, 2.05) is 6.92 Å². The van der Waals surface area contributed by atoms with Crippen LogP contribution in [0.5, 0.6) is 0 Å². The molecule has 0 unspecified atom stereocenters. The Bertz CT molecular complexity index is 680. The molecular weight excluding hydrogens is 295 g/mol. The minimum atomic E-state index is -4.00. The van der Waals surface area contributed by atoms with Crippen molar-refractivity contribution in [2.24, 2.45) is 5.14 Å². The molecule has 0 heterocycles. The second-order valence-electron chi connectivity index (χ2n) is 5.86. The molecule has 0 saturated heterocycles. The average molecular weight is 314 g/mol. The summed E-state index contributed by atoms with van der Waals surface area (Å²) in [6, 6.07) is 2.03. The molecule has 0 aromatic heterocycles. The Labute approximate surface area is 123 Å². The maximum absolute atomic E-state index is 14.0. The van der Waals surface area contributed by atoms with Gasteiger partial charge < -0.3 is 5.32 Å². The van der Waals surface area contributed by atoms with Gasteiger partial charge in [0.1, 0.15) is 5.82 Å². The maximum Gasteiger partial charge on any atom is 0.254 e. The Morgan fingerprint density at radius 3 is 2.43 bits per heavy atom. The highest BCUT2D eigenvalue weighted by Gasteiger charge is 2.31. The van der Waals surface area contributed by atoms with Crippen LogP contribution >= 0.6 is 0 Å². The third-order valence-corrected chi connectivity index (χ3v) is 4.99. The summed E-state index contributed by atoms with van der Waals surface area (Å²) in [6.07, 6.45) is 3.67. The SMILES string of the molecule is Cc1cc(F)c(C(=O)NC2(C)CCCC2)cc1S(N)(=O)=O. The zero-order chi connectivity index (χ0) is 15.8. The molecular formula is C14H19FN2O3S. The van der Waals surface area contributed by atoms with E-state index in [1.165, 1.54) is 6.92 Å². The van der Waals surface area contributed by atoms with E-state index >= 15 is 0 Å². The Balaban J connectivity index is 2.37. The minimum Gasteiger partial charge on any atom is -0.347 e. The highest BCUT2D eigenvalue weighted by molar-refractivity contribution is 7.89. The number of hydrogen-bond acceptors (Lipinski definition) is 3. The molecule has 7 heteroatoms. The van der Waals surface area contributed by atoms with Gasteiger partial charge in [0, 0.05) is 5.54 Å². The molecule has 2 rings (SSSR count). The first kappa shape index (κ1) is 15.9. The van der Waals surface area contributed by atoms with Gasteiger partial charge in [-0.1, -0.05) is 12.8 Å². The lowest BCUT2D eigenvalue weighted by molar-refractivity contribution is 0.0903. The van der Waals surface area contributed by atoms with Gasteiger partial charge >= 0.3 is 0 Å². The first-order valence-electron chi connectivity index (χ1n) is 6.78. The highest BCUT2D eigenvalue weighted by atomic mass is 32.2. The summed E-state index contributed by atoms with van der Waals surface area (Å²) < 4.78 is 36.9. The number of carbonyl (C=O) groups is 1. The molecule has 21 heavy (non-hydrogen) atoms. The summed E-state index contributed by atoms with van der Waals surface area (Å²) in [5, 5.41) is 7.88. The van der Waals surface area contributed by atoms with Crippen LogP contribution in [0.25, 0.3) is 0 Å². The number of benzene rings is 1. The molecule has 0 radical (unpaired) electrons. The molecule has 1 aromatic carbocycles. The summed E-state index contributed by atoms with van der Waals surface area (Å²) in [5.74, 6) is -1.36. The minimum absolute atomic E-state index is 0.179. The van der Waals surface area contributed by atoms with E-state index in [2.05, 4.69) is 5.32 Å². The van der Waals surface area contributed by atoms with Crippen LogP contribution in [-0.2, 0) is 10.0 Å². The van der Waals surface area contributed by atoms with Crippen molar-refractivity contribution in [1.29, 1.82) is 0 Å². The molecule has 0 bridgehead atoms. The maximum atomic E-state index is 14.0. The van der Waals surface area contributed by atoms with E-state index in [0.29, 0.717) is 0 Å². The third-order valence-electron chi connectivity index (χ3n) is 3.94. The number of primary sulfonamides is 1. The van der Waals surface area contributed by atoms with Crippen LogP contribution in [-0.4, -0.2) is 19.9 Å². The molecule has 116 valence electrons. The van der Waals surface area contributed by atoms with Crippen molar-refractivity contribution < 1.29 is 17.6 Å². The molecule has 1 aromatic rings. The second-order valence-corrected chi connectivity index (χ2v) is 7.39. The van der Waals surface area contributed by atoms with E-state index in [1.54, 1.807) is 0 Å². The summed E-state index contributed by atoms with van der Waals surface area (Å²) >= 11 is 0. The van der Waals surface area contributed by atoms with Gasteiger partial charge in [-0.15, -0.1) is 0 Å². The van der Waals surface area contributed by atoms with Gasteiger partial charge in [-0.25, -0.2) is 17.9 Å². The smallest absolute Gasteiger partial charge is 0.254 e. The fourth-order valence-corrected chi connectivity index (χ4v) is 3.54. The molecule has 0 atom stereocenters. The van der Waals surface area contributed by atoms with Crippen molar-refractivity contribution in [2.45, 2.75) is 50.0 Å². The van der Waals surface area contributed by atoms with Gasteiger partial charge in [0.25, 0.3) is 5.91 Å². The summed E-state index contributed by atoms with van der Waals surface area (Å²) in [7, 11) is -4.00. The number of halogens is 1. The molecule has 1 amide bonds. The number of amides is 1. The largest absolute Gasteiger partial charge is 0.347 e.